The molecule has 2 rings (SSSR count). The maximum Gasteiger partial charge on any atom is 0.328 e. The molecule has 0 bridgehead atoms. The third-order valence-corrected chi connectivity index (χ3v) is 3.71. The Balaban J connectivity index is 2.11. The number of nitrogens with zero attached hydrogens (tertiary/aromatic N) is 1. The summed E-state index contributed by atoms with van der Waals surface area (Å²) in [6.45, 7) is 4.58. The second kappa shape index (κ2) is 7.64. The molecule has 1 aliphatic heterocycles. The lowest BCUT2D eigenvalue weighted by molar-refractivity contribution is -0.147. The van der Waals surface area contributed by atoms with Crippen molar-refractivity contribution in [2.75, 3.05) is 20.3 Å². The Morgan fingerprint density at radius 1 is 1.32 bits per heavy atom. The van der Waals surface area contributed by atoms with Crippen LogP contribution in [0.5, 0.6) is 5.75 Å². The van der Waals surface area contributed by atoms with Gasteiger partial charge in [0.15, 0.2) is 0 Å². The molecule has 0 N–H and O–H groups in total. The highest BCUT2D eigenvalue weighted by molar-refractivity contribution is 5.97. The largest absolute Gasteiger partial charge is 0.490 e. The fourth-order valence-electron chi connectivity index (χ4n) is 2.57. The molecule has 5 heteroatoms. The molecule has 0 saturated carbocycles. The zero-order valence-corrected chi connectivity index (χ0v) is 12.8. The Labute approximate surface area is 130 Å². The third-order valence-electron chi connectivity index (χ3n) is 3.71. The number of carbonyl (C=O) groups is 2. The van der Waals surface area contributed by atoms with E-state index in [9.17, 15) is 9.59 Å². The monoisotopic (exact) mass is 303 g/mol. The first-order valence-corrected chi connectivity index (χ1v) is 7.40. The summed E-state index contributed by atoms with van der Waals surface area (Å²) in [5, 5.41) is 0. The molecule has 5 nitrogen and oxygen atoms in total. The average molecular weight is 303 g/mol. The molecule has 0 aromatic heterocycles. The minimum atomic E-state index is -0.483. The van der Waals surface area contributed by atoms with Gasteiger partial charge in [0.05, 0.1) is 7.11 Å². The Morgan fingerprint density at radius 2 is 2.05 bits per heavy atom. The van der Waals surface area contributed by atoms with Gasteiger partial charge in [0, 0.05) is 12.1 Å². The predicted molar refractivity (Wildman–Crippen MR) is 82.8 cm³/mol. The molecule has 1 atom stereocenters. The lowest BCUT2D eigenvalue weighted by Crippen LogP contribution is -2.48. The molecular weight excluding hydrogens is 282 g/mol. The second-order valence-corrected chi connectivity index (χ2v) is 5.16. The van der Waals surface area contributed by atoms with E-state index in [1.165, 1.54) is 7.11 Å². The molecule has 0 radical (unpaired) electrons. The van der Waals surface area contributed by atoms with Crippen LogP contribution in [0.4, 0.5) is 0 Å². The summed E-state index contributed by atoms with van der Waals surface area (Å²) in [4.78, 5) is 26.1. The smallest absolute Gasteiger partial charge is 0.328 e. The average Bonchev–Trinajstić information content (AvgIpc) is 2.59. The highest BCUT2D eigenvalue weighted by Crippen LogP contribution is 2.22. The van der Waals surface area contributed by atoms with Gasteiger partial charge in [-0.05, 0) is 43.5 Å². The summed E-state index contributed by atoms with van der Waals surface area (Å²) in [5.74, 6) is 0.184. The Morgan fingerprint density at radius 3 is 2.68 bits per heavy atom. The molecule has 1 heterocycles. The van der Waals surface area contributed by atoms with Crippen LogP contribution in [0.2, 0.25) is 0 Å². The fourth-order valence-corrected chi connectivity index (χ4v) is 2.57. The van der Waals surface area contributed by atoms with Crippen molar-refractivity contribution in [2.45, 2.75) is 25.3 Å². The molecule has 1 amide bonds. The van der Waals surface area contributed by atoms with Gasteiger partial charge >= 0.3 is 5.97 Å². The van der Waals surface area contributed by atoms with E-state index in [0.717, 1.165) is 12.8 Å². The number of likely N-dealkylation sites (tertiary alicyclic amines) is 1. The van der Waals surface area contributed by atoms with E-state index >= 15 is 0 Å². The van der Waals surface area contributed by atoms with Crippen LogP contribution >= 0.6 is 0 Å². The van der Waals surface area contributed by atoms with Crippen molar-refractivity contribution in [3.05, 3.63) is 42.5 Å². The van der Waals surface area contributed by atoms with Gasteiger partial charge < -0.3 is 14.4 Å². The van der Waals surface area contributed by atoms with E-state index in [1.54, 1.807) is 35.2 Å². The van der Waals surface area contributed by atoms with Gasteiger partial charge in [-0.15, -0.1) is 0 Å². The maximum absolute atomic E-state index is 12.6. The number of methoxy groups -OCH3 is 1. The van der Waals surface area contributed by atoms with Crippen molar-refractivity contribution in [2.24, 2.45) is 0 Å². The molecule has 1 aromatic carbocycles. The van der Waals surface area contributed by atoms with Crippen LogP contribution in [-0.2, 0) is 9.53 Å². The van der Waals surface area contributed by atoms with Crippen LogP contribution in [0.15, 0.2) is 36.9 Å². The Kier molecular flexibility index (Phi) is 5.58. The van der Waals surface area contributed by atoms with Crippen LogP contribution in [0, 0.1) is 0 Å². The molecule has 22 heavy (non-hydrogen) atoms. The summed E-state index contributed by atoms with van der Waals surface area (Å²) in [5.41, 5.74) is 0.543. The molecule has 0 aliphatic carbocycles. The van der Waals surface area contributed by atoms with E-state index in [2.05, 4.69) is 6.58 Å². The molecule has 1 saturated heterocycles. The standard InChI is InChI=1S/C17H21NO4/c1-3-12-22-14-9-7-13(8-10-14)16(19)18-11-5-4-6-15(18)17(20)21-2/h3,7-10,15H,1,4-6,11-12H2,2H3/t15-/m1/s1. The van der Waals surface area contributed by atoms with E-state index in [1.807, 2.05) is 0 Å². The van der Waals surface area contributed by atoms with E-state index < -0.39 is 6.04 Å². The van der Waals surface area contributed by atoms with Crippen LogP contribution in [-0.4, -0.2) is 43.1 Å². The quantitative estimate of drug-likeness (QED) is 0.619. The summed E-state index contributed by atoms with van der Waals surface area (Å²) in [6, 6.07) is 6.43. The zero-order valence-electron chi connectivity index (χ0n) is 12.8. The first-order valence-electron chi connectivity index (χ1n) is 7.40. The van der Waals surface area contributed by atoms with E-state index in [-0.39, 0.29) is 11.9 Å². The maximum atomic E-state index is 12.6. The van der Waals surface area contributed by atoms with Crippen LogP contribution in [0.3, 0.4) is 0 Å². The number of piperidine rings is 1. The molecule has 1 aromatic rings. The molecule has 0 unspecified atom stereocenters. The first-order chi connectivity index (χ1) is 10.7. The van der Waals surface area contributed by atoms with Crippen molar-refractivity contribution in [3.8, 4) is 5.75 Å². The predicted octanol–water partition coefficient (Wildman–Crippen LogP) is 2.42. The number of ether oxygens (including phenoxy) is 2. The topological polar surface area (TPSA) is 55.8 Å². The van der Waals surface area contributed by atoms with Gasteiger partial charge in [0.25, 0.3) is 5.91 Å². The lowest BCUT2D eigenvalue weighted by Gasteiger charge is -2.33. The normalized spacial score (nSPS) is 17.7. The van der Waals surface area contributed by atoms with Crippen molar-refractivity contribution in [1.82, 2.24) is 4.90 Å². The van der Waals surface area contributed by atoms with Crippen LogP contribution < -0.4 is 4.74 Å². The number of carbonyl (C=O) groups excluding carboxylic acids is 2. The van der Waals surface area contributed by atoms with Crippen molar-refractivity contribution >= 4 is 11.9 Å². The van der Waals surface area contributed by atoms with Gasteiger partial charge in [0.1, 0.15) is 18.4 Å². The highest BCUT2D eigenvalue weighted by atomic mass is 16.5. The Hall–Kier alpha value is -2.30. The van der Waals surface area contributed by atoms with Gasteiger partial charge in [-0.25, -0.2) is 4.79 Å². The van der Waals surface area contributed by atoms with Crippen LogP contribution in [0.25, 0.3) is 0 Å². The number of hydrogen-bond acceptors (Lipinski definition) is 4. The second-order valence-electron chi connectivity index (χ2n) is 5.16. The number of esters is 1. The molecule has 118 valence electrons. The fraction of sp³-hybridized carbons (Fsp3) is 0.412. The van der Waals surface area contributed by atoms with Crippen molar-refractivity contribution in [1.29, 1.82) is 0 Å². The Bertz CT molecular complexity index is 538. The van der Waals surface area contributed by atoms with Crippen LogP contribution in [0.1, 0.15) is 29.6 Å². The number of rotatable bonds is 5. The minimum absolute atomic E-state index is 0.148. The van der Waals surface area contributed by atoms with Gasteiger partial charge in [-0.3, -0.25) is 4.79 Å². The molecule has 1 fully saturated rings. The minimum Gasteiger partial charge on any atom is -0.490 e. The SMILES string of the molecule is C=CCOc1ccc(C(=O)N2CCCC[C@@H]2C(=O)OC)cc1. The molecule has 0 spiro atoms. The number of hydrogen-bond donors (Lipinski definition) is 0. The van der Waals surface area contributed by atoms with Gasteiger partial charge in [-0.1, -0.05) is 12.7 Å². The summed E-state index contributed by atoms with van der Waals surface area (Å²) < 4.78 is 10.2. The molecule has 1 aliphatic rings. The lowest BCUT2D eigenvalue weighted by atomic mass is 10.0. The summed E-state index contributed by atoms with van der Waals surface area (Å²) in [6.07, 6.45) is 4.14. The first kappa shape index (κ1) is 16.1. The number of amides is 1. The highest BCUT2D eigenvalue weighted by Gasteiger charge is 2.33. The summed E-state index contributed by atoms with van der Waals surface area (Å²) in [7, 11) is 1.35. The third kappa shape index (κ3) is 3.67. The number of benzene rings is 1. The molecular formula is C17H21NO4. The van der Waals surface area contributed by atoms with Gasteiger partial charge in [-0.2, -0.15) is 0 Å². The summed E-state index contributed by atoms with van der Waals surface area (Å²) >= 11 is 0. The van der Waals surface area contributed by atoms with Crippen molar-refractivity contribution < 1.29 is 19.1 Å². The van der Waals surface area contributed by atoms with Gasteiger partial charge in [0.2, 0.25) is 0 Å². The zero-order chi connectivity index (χ0) is 15.9. The van der Waals surface area contributed by atoms with E-state index in [0.29, 0.717) is 30.9 Å². The van der Waals surface area contributed by atoms with Crippen molar-refractivity contribution in [3.63, 3.8) is 0 Å². The van der Waals surface area contributed by atoms with E-state index in [4.69, 9.17) is 9.47 Å².